The first-order chi connectivity index (χ1) is 8.16. The molecule has 1 aromatic carbocycles. The molecule has 0 unspecified atom stereocenters. The lowest BCUT2D eigenvalue weighted by Gasteiger charge is -2.42. The Labute approximate surface area is 99.5 Å². The van der Waals surface area contributed by atoms with Gasteiger partial charge in [0, 0.05) is 11.8 Å². The Morgan fingerprint density at radius 1 is 1.53 bits per heavy atom. The van der Waals surface area contributed by atoms with Crippen LogP contribution in [-0.2, 0) is 19.7 Å². The van der Waals surface area contributed by atoms with Gasteiger partial charge in [-0.15, -0.1) is 0 Å². The van der Waals surface area contributed by atoms with E-state index in [4.69, 9.17) is 4.74 Å². The molecule has 17 heavy (non-hydrogen) atoms. The molecule has 0 atom stereocenters. The molecule has 0 aliphatic carbocycles. The van der Waals surface area contributed by atoms with E-state index >= 15 is 0 Å². The normalized spacial score (nSPS) is 17.3. The minimum Gasteiger partial charge on any atom is -0.469 e. The van der Waals surface area contributed by atoms with E-state index in [0.29, 0.717) is 26.1 Å². The molecule has 0 N–H and O–H groups in total. The van der Waals surface area contributed by atoms with Crippen LogP contribution in [0.5, 0.6) is 0 Å². The van der Waals surface area contributed by atoms with Crippen molar-refractivity contribution >= 4 is 5.97 Å². The molecule has 1 heterocycles. The van der Waals surface area contributed by atoms with Gasteiger partial charge in [-0.25, -0.2) is 4.39 Å². The smallest absolute Gasteiger partial charge is 0.305 e. The van der Waals surface area contributed by atoms with Crippen LogP contribution in [-0.4, -0.2) is 26.3 Å². The maximum atomic E-state index is 13.2. The summed E-state index contributed by atoms with van der Waals surface area (Å²) in [5.41, 5.74) is 0.670. The van der Waals surface area contributed by atoms with E-state index in [0.717, 1.165) is 5.56 Å². The zero-order chi connectivity index (χ0) is 12.3. The van der Waals surface area contributed by atoms with E-state index in [1.165, 1.54) is 19.2 Å². The number of hydrogen-bond acceptors (Lipinski definition) is 3. The Bertz CT molecular complexity index is 413. The summed E-state index contributed by atoms with van der Waals surface area (Å²) in [5.74, 6) is -0.500. The minimum absolute atomic E-state index is 0.226. The Morgan fingerprint density at radius 2 is 2.29 bits per heavy atom. The lowest BCUT2D eigenvalue weighted by molar-refractivity contribution is -0.142. The number of esters is 1. The number of ether oxygens (including phenoxy) is 2. The van der Waals surface area contributed by atoms with Crippen LogP contribution in [0, 0.1) is 5.82 Å². The molecule has 92 valence electrons. The molecule has 1 fully saturated rings. The van der Waals surface area contributed by atoms with Crippen molar-refractivity contribution in [3.8, 4) is 0 Å². The largest absolute Gasteiger partial charge is 0.469 e. The average molecular weight is 238 g/mol. The Balaban J connectivity index is 2.11. The number of carbonyl (C=O) groups excluding carboxylic acids is 1. The first kappa shape index (κ1) is 12.0. The zero-order valence-corrected chi connectivity index (χ0v) is 9.74. The topological polar surface area (TPSA) is 35.5 Å². The van der Waals surface area contributed by atoms with Crippen molar-refractivity contribution < 1.29 is 18.7 Å². The lowest BCUT2D eigenvalue weighted by Crippen LogP contribution is -2.47. The first-order valence-corrected chi connectivity index (χ1v) is 5.57. The summed E-state index contributed by atoms with van der Waals surface area (Å²) in [6, 6.07) is 6.49. The summed E-state index contributed by atoms with van der Waals surface area (Å²) >= 11 is 0. The molecule has 0 aromatic heterocycles. The van der Waals surface area contributed by atoms with Crippen molar-refractivity contribution in [1.29, 1.82) is 0 Å². The van der Waals surface area contributed by atoms with Crippen LogP contribution in [0.25, 0.3) is 0 Å². The minimum atomic E-state index is -0.258. The maximum Gasteiger partial charge on any atom is 0.305 e. The molecule has 1 aliphatic rings. The van der Waals surface area contributed by atoms with E-state index in [9.17, 15) is 9.18 Å². The standard InChI is InChI=1S/C13H15FO3/c1-16-12(15)5-6-13(8-17-9-13)10-3-2-4-11(14)7-10/h2-4,7H,5-6,8-9H2,1H3. The Morgan fingerprint density at radius 3 is 2.82 bits per heavy atom. The monoisotopic (exact) mass is 238 g/mol. The maximum absolute atomic E-state index is 13.2. The molecule has 1 aliphatic heterocycles. The number of carbonyl (C=O) groups is 1. The number of rotatable bonds is 4. The number of hydrogen-bond donors (Lipinski definition) is 0. The second kappa shape index (κ2) is 4.84. The molecular weight excluding hydrogens is 223 g/mol. The molecule has 0 saturated carbocycles. The highest BCUT2D eigenvalue weighted by molar-refractivity contribution is 5.69. The van der Waals surface area contributed by atoms with Crippen LogP contribution in [0.3, 0.4) is 0 Å². The predicted octanol–water partition coefficient (Wildman–Crippen LogP) is 2.05. The lowest BCUT2D eigenvalue weighted by atomic mass is 9.75. The third-order valence-electron chi connectivity index (χ3n) is 3.23. The quantitative estimate of drug-likeness (QED) is 0.753. The van der Waals surface area contributed by atoms with Crippen LogP contribution in [0.1, 0.15) is 18.4 Å². The predicted molar refractivity (Wildman–Crippen MR) is 60.1 cm³/mol. The molecule has 0 radical (unpaired) electrons. The Kier molecular flexibility index (Phi) is 3.43. The third kappa shape index (κ3) is 2.47. The van der Waals surface area contributed by atoms with Crippen LogP contribution >= 0.6 is 0 Å². The summed E-state index contributed by atoms with van der Waals surface area (Å²) in [6.45, 7) is 1.07. The molecule has 0 bridgehead atoms. The summed E-state index contributed by atoms with van der Waals surface area (Å²) in [5, 5.41) is 0. The highest BCUT2D eigenvalue weighted by Gasteiger charge is 2.40. The average Bonchev–Trinajstić information content (AvgIpc) is 2.27. The summed E-state index contributed by atoms with van der Waals surface area (Å²) < 4.78 is 23.0. The molecular formula is C13H15FO3. The van der Waals surface area contributed by atoms with Crippen molar-refractivity contribution in [3.63, 3.8) is 0 Å². The molecule has 4 heteroatoms. The van der Waals surface area contributed by atoms with Crippen LogP contribution in [0.4, 0.5) is 4.39 Å². The van der Waals surface area contributed by atoms with Gasteiger partial charge in [-0.1, -0.05) is 12.1 Å². The fourth-order valence-corrected chi connectivity index (χ4v) is 2.07. The SMILES string of the molecule is COC(=O)CCC1(c2cccc(F)c2)COC1. The highest BCUT2D eigenvalue weighted by atomic mass is 19.1. The van der Waals surface area contributed by atoms with Gasteiger partial charge >= 0.3 is 5.97 Å². The second-order valence-corrected chi connectivity index (χ2v) is 4.36. The molecule has 0 spiro atoms. The van der Waals surface area contributed by atoms with Crippen molar-refractivity contribution in [3.05, 3.63) is 35.6 Å². The van der Waals surface area contributed by atoms with Crippen LogP contribution in [0.2, 0.25) is 0 Å². The summed E-state index contributed by atoms with van der Waals surface area (Å²) in [4.78, 5) is 11.2. The van der Waals surface area contributed by atoms with Gasteiger partial charge in [0.1, 0.15) is 5.82 Å². The first-order valence-electron chi connectivity index (χ1n) is 5.57. The van der Waals surface area contributed by atoms with Gasteiger partial charge < -0.3 is 9.47 Å². The van der Waals surface area contributed by atoms with E-state index in [-0.39, 0.29) is 17.2 Å². The summed E-state index contributed by atoms with van der Waals surface area (Å²) in [7, 11) is 1.37. The molecule has 1 saturated heterocycles. The second-order valence-electron chi connectivity index (χ2n) is 4.36. The van der Waals surface area contributed by atoms with Gasteiger partial charge in [0.2, 0.25) is 0 Å². The van der Waals surface area contributed by atoms with Crippen LogP contribution < -0.4 is 0 Å². The van der Waals surface area contributed by atoms with E-state index in [2.05, 4.69) is 4.74 Å². The van der Waals surface area contributed by atoms with E-state index < -0.39 is 0 Å². The number of methoxy groups -OCH3 is 1. The van der Waals surface area contributed by atoms with Crippen molar-refractivity contribution in [2.75, 3.05) is 20.3 Å². The highest BCUT2D eigenvalue weighted by Crippen LogP contribution is 2.37. The van der Waals surface area contributed by atoms with Gasteiger partial charge in [0.15, 0.2) is 0 Å². The van der Waals surface area contributed by atoms with Gasteiger partial charge in [0.05, 0.1) is 20.3 Å². The van der Waals surface area contributed by atoms with Crippen molar-refractivity contribution in [2.24, 2.45) is 0 Å². The third-order valence-corrected chi connectivity index (χ3v) is 3.23. The summed E-state index contributed by atoms with van der Waals surface area (Å²) in [6.07, 6.45) is 0.958. The van der Waals surface area contributed by atoms with Gasteiger partial charge in [-0.05, 0) is 24.1 Å². The number of halogens is 1. The zero-order valence-electron chi connectivity index (χ0n) is 9.74. The molecule has 2 rings (SSSR count). The van der Waals surface area contributed by atoms with Crippen LogP contribution in [0.15, 0.2) is 24.3 Å². The fourth-order valence-electron chi connectivity index (χ4n) is 2.07. The van der Waals surface area contributed by atoms with E-state index in [1.54, 1.807) is 6.07 Å². The van der Waals surface area contributed by atoms with E-state index in [1.807, 2.05) is 6.07 Å². The van der Waals surface area contributed by atoms with Crippen molar-refractivity contribution in [1.82, 2.24) is 0 Å². The van der Waals surface area contributed by atoms with Gasteiger partial charge in [0.25, 0.3) is 0 Å². The number of benzene rings is 1. The molecule has 0 amide bonds. The van der Waals surface area contributed by atoms with Crippen molar-refractivity contribution in [2.45, 2.75) is 18.3 Å². The molecule has 1 aromatic rings. The fraction of sp³-hybridized carbons (Fsp3) is 0.462. The molecule has 3 nitrogen and oxygen atoms in total. The Hall–Kier alpha value is -1.42. The van der Waals surface area contributed by atoms with Gasteiger partial charge in [-0.2, -0.15) is 0 Å². The van der Waals surface area contributed by atoms with Gasteiger partial charge in [-0.3, -0.25) is 4.79 Å².